The van der Waals surface area contributed by atoms with Crippen molar-refractivity contribution in [2.75, 3.05) is 11.9 Å². The van der Waals surface area contributed by atoms with Gasteiger partial charge in [0.15, 0.2) is 18.1 Å². The van der Waals surface area contributed by atoms with E-state index in [2.05, 4.69) is 15.6 Å². The predicted molar refractivity (Wildman–Crippen MR) is 110 cm³/mol. The number of anilines is 1. The first kappa shape index (κ1) is 20.9. The fourth-order valence-electron chi connectivity index (χ4n) is 2.72. The van der Waals surface area contributed by atoms with Gasteiger partial charge in [0.2, 0.25) is 5.91 Å². The Morgan fingerprint density at radius 3 is 2.47 bits per heavy atom. The second-order valence-corrected chi connectivity index (χ2v) is 6.66. The lowest BCUT2D eigenvalue weighted by Crippen LogP contribution is -2.15. The van der Waals surface area contributed by atoms with Crippen LogP contribution in [0.4, 0.5) is 5.69 Å². The molecule has 8 nitrogen and oxygen atoms in total. The fraction of sp³-hybridized carbons (Fsp3) is 0.227. The monoisotopic (exact) mass is 406 g/mol. The molecule has 0 saturated carbocycles. The summed E-state index contributed by atoms with van der Waals surface area (Å²) >= 11 is 0. The lowest BCUT2D eigenvalue weighted by Gasteiger charge is -2.06. The van der Waals surface area contributed by atoms with E-state index >= 15 is 0 Å². The Hall–Kier alpha value is -3.81. The van der Waals surface area contributed by atoms with Gasteiger partial charge in [-0.3, -0.25) is 9.59 Å². The molecule has 1 aromatic heterocycles. The smallest absolute Gasteiger partial charge is 0.360 e. The number of ketones is 1. The van der Waals surface area contributed by atoms with E-state index in [0.717, 1.165) is 12.0 Å². The first-order valence-corrected chi connectivity index (χ1v) is 9.59. The highest BCUT2D eigenvalue weighted by molar-refractivity contribution is 5.99. The molecular formula is C22H22N4O4. The second-order valence-electron chi connectivity index (χ2n) is 6.66. The summed E-state index contributed by atoms with van der Waals surface area (Å²) in [6.45, 7) is 1.99. The minimum atomic E-state index is -0.717. The van der Waals surface area contributed by atoms with Gasteiger partial charge >= 0.3 is 5.97 Å². The zero-order valence-electron chi connectivity index (χ0n) is 16.6. The number of amides is 1. The number of carbonyl (C=O) groups excluding carboxylic acids is 3. The molecular weight excluding hydrogens is 384 g/mol. The minimum absolute atomic E-state index is 0.0349. The van der Waals surface area contributed by atoms with Crippen LogP contribution in [0.3, 0.4) is 0 Å². The van der Waals surface area contributed by atoms with Crippen LogP contribution < -0.4 is 5.32 Å². The Bertz CT molecular complexity index is 1010. The van der Waals surface area contributed by atoms with E-state index in [1.807, 2.05) is 37.3 Å². The number of nitrogens with one attached hydrogen (secondary N) is 1. The lowest BCUT2D eigenvalue weighted by atomic mass is 10.1. The van der Waals surface area contributed by atoms with Crippen LogP contribution in [-0.4, -0.2) is 39.3 Å². The van der Waals surface area contributed by atoms with Gasteiger partial charge in [-0.1, -0.05) is 42.5 Å². The van der Waals surface area contributed by atoms with Crippen LogP contribution in [-0.2, 0) is 16.1 Å². The standard InChI is InChI=1S/C22H22N4O4/c1-2-6-21(28)23-18-11-9-17(10-12-18)20(27)15-30-22(29)19-14-26(25-24-19)13-16-7-4-3-5-8-16/h3-5,7-12,14H,2,6,13,15H2,1H3,(H,23,28). The van der Waals surface area contributed by atoms with Gasteiger partial charge in [-0.05, 0) is 36.2 Å². The molecule has 0 bridgehead atoms. The molecule has 0 saturated heterocycles. The molecule has 154 valence electrons. The third-order valence-electron chi connectivity index (χ3n) is 4.24. The summed E-state index contributed by atoms with van der Waals surface area (Å²) in [6.07, 6.45) is 2.67. The summed E-state index contributed by atoms with van der Waals surface area (Å²) < 4.78 is 6.59. The van der Waals surface area contributed by atoms with Crippen LogP contribution in [0, 0.1) is 0 Å². The molecule has 0 radical (unpaired) electrons. The number of benzene rings is 2. The van der Waals surface area contributed by atoms with Crippen molar-refractivity contribution in [3.63, 3.8) is 0 Å². The maximum atomic E-state index is 12.3. The fourth-order valence-corrected chi connectivity index (χ4v) is 2.72. The van der Waals surface area contributed by atoms with Crippen LogP contribution in [0.5, 0.6) is 0 Å². The van der Waals surface area contributed by atoms with E-state index in [9.17, 15) is 14.4 Å². The molecule has 0 aliphatic rings. The van der Waals surface area contributed by atoms with Gasteiger partial charge in [0, 0.05) is 17.7 Å². The highest BCUT2D eigenvalue weighted by atomic mass is 16.5. The van der Waals surface area contributed by atoms with Crippen LogP contribution in [0.1, 0.15) is 46.2 Å². The Balaban J connectivity index is 1.51. The van der Waals surface area contributed by atoms with E-state index in [1.165, 1.54) is 10.9 Å². The molecule has 0 unspecified atom stereocenters. The molecule has 0 aliphatic carbocycles. The minimum Gasteiger partial charge on any atom is -0.452 e. The van der Waals surface area contributed by atoms with Crippen LogP contribution in [0.25, 0.3) is 0 Å². The maximum Gasteiger partial charge on any atom is 0.360 e. The van der Waals surface area contributed by atoms with Crippen LogP contribution >= 0.6 is 0 Å². The molecule has 0 fully saturated rings. The average molecular weight is 406 g/mol. The molecule has 3 rings (SSSR count). The largest absolute Gasteiger partial charge is 0.452 e. The molecule has 0 atom stereocenters. The van der Waals surface area contributed by atoms with E-state index < -0.39 is 12.6 Å². The van der Waals surface area contributed by atoms with Gasteiger partial charge in [-0.25, -0.2) is 9.48 Å². The Labute approximate surface area is 173 Å². The molecule has 0 spiro atoms. The van der Waals surface area contributed by atoms with Crippen molar-refractivity contribution >= 4 is 23.3 Å². The van der Waals surface area contributed by atoms with E-state index in [1.54, 1.807) is 24.3 Å². The van der Waals surface area contributed by atoms with E-state index in [4.69, 9.17) is 4.74 Å². The Morgan fingerprint density at radius 1 is 1.03 bits per heavy atom. The summed E-state index contributed by atoms with van der Waals surface area (Å²) in [6, 6.07) is 16.1. The Morgan fingerprint density at radius 2 is 1.77 bits per heavy atom. The average Bonchev–Trinajstić information content (AvgIpc) is 3.22. The van der Waals surface area contributed by atoms with Crippen molar-refractivity contribution in [2.45, 2.75) is 26.3 Å². The molecule has 1 amide bonds. The maximum absolute atomic E-state index is 12.3. The van der Waals surface area contributed by atoms with E-state index in [-0.39, 0.29) is 17.4 Å². The number of ether oxygens (including phenoxy) is 1. The van der Waals surface area contributed by atoms with Crippen molar-refractivity contribution in [3.05, 3.63) is 77.6 Å². The molecule has 2 aromatic carbocycles. The zero-order valence-corrected chi connectivity index (χ0v) is 16.6. The van der Waals surface area contributed by atoms with E-state index in [0.29, 0.717) is 24.2 Å². The number of Topliss-reactive ketones (excluding diaryl/α,β-unsaturated/α-hetero) is 1. The first-order valence-electron chi connectivity index (χ1n) is 9.59. The molecule has 30 heavy (non-hydrogen) atoms. The molecule has 8 heteroatoms. The summed E-state index contributed by atoms with van der Waals surface area (Å²) in [4.78, 5) is 36.0. The number of aromatic nitrogens is 3. The highest BCUT2D eigenvalue weighted by Gasteiger charge is 2.15. The summed E-state index contributed by atoms with van der Waals surface area (Å²) in [7, 11) is 0. The van der Waals surface area contributed by atoms with Crippen LogP contribution in [0.15, 0.2) is 60.8 Å². The third-order valence-corrected chi connectivity index (χ3v) is 4.24. The molecule has 1 N–H and O–H groups in total. The SMILES string of the molecule is CCCC(=O)Nc1ccc(C(=O)COC(=O)c2cn(Cc3ccccc3)nn2)cc1. The van der Waals surface area contributed by atoms with Gasteiger partial charge < -0.3 is 10.1 Å². The first-order chi connectivity index (χ1) is 14.5. The Kier molecular flexibility index (Phi) is 7.05. The predicted octanol–water partition coefficient (Wildman–Crippen LogP) is 3.10. The zero-order chi connectivity index (χ0) is 21.3. The number of carbonyl (C=O) groups is 3. The van der Waals surface area contributed by atoms with Gasteiger partial charge in [-0.2, -0.15) is 0 Å². The highest BCUT2D eigenvalue weighted by Crippen LogP contribution is 2.11. The van der Waals surface area contributed by atoms with Crippen molar-refractivity contribution in [1.82, 2.24) is 15.0 Å². The van der Waals surface area contributed by atoms with Gasteiger partial charge in [0.05, 0.1) is 12.7 Å². The van der Waals surface area contributed by atoms with Gasteiger partial charge in [-0.15, -0.1) is 5.10 Å². The number of esters is 1. The number of hydrogen-bond donors (Lipinski definition) is 1. The lowest BCUT2D eigenvalue weighted by molar-refractivity contribution is -0.116. The molecule has 1 heterocycles. The van der Waals surface area contributed by atoms with Crippen molar-refractivity contribution in [3.8, 4) is 0 Å². The second kappa shape index (κ2) is 10.1. The van der Waals surface area contributed by atoms with Gasteiger partial charge in [0.1, 0.15) is 0 Å². The summed E-state index contributed by atoms with van der Waals surface area (Å²) in [5.74, 6) is -1.15. The van der Waals surface area contributed by atoms with Crippen LogP contribution in [0.2, 0.25) is 0 Å². The molecule has 3 aromatic rings. The van der Waals surface area contributed by atoms with Crippen molar-refractivity contribution in [2.24, 2.45) is 0 Å². The molecule has 0 aliphatic heterocycles. The topological polar surface area (TPSA) is 103 Å². The third kappa shape index (κ3) is 5.84. The summed E-state index contributed by atoms with van der Waals surface area (Å²) in [5.41, 5.74) is 2.04. The quantitative estimate of drug-likeness (QED) is 0.433. The number of rotatable bonds is 9. The number of hydrogen-bond acceptors (Lipinski definition) is 6. The van der Waals surface area contributed by atoms with Crippen molar-refractivity contribution in [1.29, 1.82) is 0 Å². The van der Waals surface area contributed by atoms with Gasteiger partial charge in [0.25, 0.3) is 0 Å². The normalized spacial score (nSPS) is 10.4. The summed E-state index contributed by atoms with van der Waals surface area (Å²) in [5, 5.41) is 10.5. The number of nitrogens with zero attached hydrogens (tertiary/aromatic N) is 3. The van der Waals surface area contributed by atoms with Crippen molar-refractivity contribution < 1.29 is 19.1 Å².